The van der Waals surface area contributed by atoms with Crippen LogP contribution in [0.4, 0.5) is 11.6 Å². The van der Waals surface area contributed by atoms with E-state index in [9.17, 15) is 9.59 Å². The van der Waals surface area contributed by atoms with Gasteiger partial charge >= 0.3 is 11.9 Å². The number of nitrogens with two attached hydrogens (primary N) is 4. The van der Waals surface area contributed by atoms with Crippen LogP contribution in [0.15, 0.2) is 29.3 Å². The Labute approximate surface area is 164 Å². The van der Waals surface area contributed by atoms with E-state index in [4.69, 9.17) is 44.4 Å². The number of benzene rings is 1. The Balaban J connectivity index is 0.000000504. The highest BCUT2D eigenvalue weighted by Crippen LogP contribution is 2.18. The lowest BCUT2D eigenvalue weighted by atomic mass is 10.3. The van der Waals surface area contributed by atoms with Gasteiger partial charge < -0.3 is 32.8 Å². The molecule has 0 saturated carbocycles. The number of guanidine groups is 1. The minimum absolute atomic E-state index is 0. The molecule has 11 nitrogen and oxygen atoms in total. The molecule has 27 heavy (non-hydrogen) atoms. The molecule has 146 valence electrons. The number of aliphatic imine (C=N–C) groups is 1. The van der Waals surface area contributed by atoms with Crippen LogP contribution in [-0.2, 0) is 4.79 Å². The maximum atomic E-state index is 11.3. The maximum Gasteiger partial charge on any atom is 0.308 e. The molecular formula is C14H17Cl2N7O4. The zero-order chi connectivity index (χ0) is 19.9. The second-order valence-corrected chi connectivity index (χ2v) is 4.92. The average molecular weight is 418 g/mol. The summed E-state index contributed by atoms with van der Waals surface area (Å²) in [6, 6.07) is 5.96. The number of carbonyl (C=O) groups excluding carboxylic acids is 2. The smallest absolute Gasteiger partial charge is 0.308 e. The number of nitrogen functional groups attached to an aromatic ring is 2. The molecule has 1 aromatic heterocycles. The van der Waals surface area contributed by atoms with Gasteiger partial charge in [0.1, 0.15) is 11.5 Å². The number of halogens is 2. The monoisotopic (exact) mass is 417 g/mol. The minimum atomic E-state index is -0.832. The van der Waals surface area contributed by atoms with E-state index in [1.54, 1.807) is 0 Å². The van der Waals surface area contributed by atoms with Crippen LogP contribution in [0.3, 0.4) is 0 Å². The van der Waals surface area contributed by atoms with E-state index >= 15 is 0 Å². The van der Waals surface area contributed by atoms with Gasteiger partial charge in [0.2, 0.25) is 0 Å². The normalized spacial score (nSPS) is 9.11. The molecule has 1 aromatic carbocycles. The first-order valence-electron chi connectivity index (χ1n) is 6.80. The average Bonchev–Trinajstić information content (AvgIpc) is 2.52. The number of anilines is 2. The van der Waals surface area contributed by atoms with E-state index in [2.05, 4.69) is 15.0 Å². The van der Waals surface area contributed by atoms with Crippen LogP contribution in [0.2, 0.25) is 5.15 Å². The summed E-state index contributed by atoms with van der Waals surface area (Å²) in [5, 5.41) is 8.71. The fraction of sp³-hybridized carbons (Fsp3) is 0.0714. The van der Waals surface area contributed by atoms with Crippen molar-refractivity contribution < 1.29 is 19.4 Å². The number of amides is 1. The van der Waals surface area contributed by atoms with E-state index in [0.29, 0.717) is 5.75 Å². The number of phenols is 1. The Morgan fingerprint density at radius 1 is 1.11 bits per heavy atom. The maximum absolute atomic E-state index is 11.3. The number of phenolic OH excluding ortho intramolecular Hbond substituents is 1. The number of carbonyl (C=O) groups is 2. The van der Waals surface area contributed by atoms with Gasteiger partial charge in [-0.1, -0.05) is 11.6 Å². The molecule has 0 unspecified atom stereocenters. The topological polar surface area (TPSA) is 206 Å². The van der Waals surface area contributed by atoms with Crippen LogP contribution in [0, 0.1) is 0 Å². The summed E-state index contributed by atoms with van der Waals surface area (Å²) in [4.78, 5) is 32.2. The molecule has 0 fully saturated rings. The van der Waals surface area contributed by atoms with Crippen LogP contribution in [0.1, 0.15) is 17.4 Å². The number of hydrogen-bond donors (Lipinski definition) is 5. The minimum Gasteiger partial charge on any atom is -0.508 e. The fourth-order valence-electron chi connectivity index (χ4n) is 1.45. The summed E-state index contributed by atoms with van der Waals surface area (Å²) in [6.07, 6.45) is 0. The highest BCUT2D eigenvalue weighted by molar-refractivity contribution is 6.31. The molecule has 0 saturated heterocycles. The highest BCUT2D eigenvalue weighted by atomic mass is 35.5. The van der Waals surface area contributed by atoms with E-state index in [1.165, 1.54) is 31.2 Å². The van der Waals surface area contributed by atoms with Crippen LogP contribution in [0.25, 0.3) is 0 Å². The van der Waals surface area contributed by atoms with E-state index in [-0.39, 0.29) is 46.6 Å². The Kier molecular flexibility index (Phi) is 9.33. The number of ether oxygens (including phenoxy) is 1. The third kappa shape index (κ3) is 8.07. The van der Waals surface area contributed by atoms with Crippen molar-refractivity contribution in [2.24, 2.45) is 16.5 Å². The zero-order valence-corrected chi connectivity index (χ0v) is 15.5. The van der Waals surface area contributed by atoms with Crippen molar-refractivity contribution in [2.45, 2.75) is 6.92 Å². The van der Waals surface area contributed by atoms with Crippen LogP contribution < -0.4 is 27.7 Å². The lowest BCUT2D eigenvalue weighted by molar-refractivity contribution is -0.131. The second-order valence-electron chi connectivity index (χ2n) is 4.56. The molecular weight excluding hydrogens is 401 g/mol. The Hall–Kier alpha value is -3.31. The van der Waals surface area contributed by atoms with Crippen LogP contribution in [0.5, 0.6) is 11.5 Å². The van der Waals surface area contributed by atoms with Gasteiger partial charge in [-0.25, -0.2) is 9.97 Å². The summed E-state index contributed by atoms with van der Waals surface area (Å²) in [5.41, 5.74) is 20.5. The number of aromatic hydroxyl groups is 1. The van der Waals surface area contributed by atoms with Gasteiger partial charge in [-0.2, -0.15) is 4.99 Å². The van der Waals surface area contributed by atoms with Crippen LogP contribution in [-0.4, -0.2) is 32.9 Å². The van der Waals surface area contributed by atoms with Crippen molar-refractivity contribution in [1.29, 1.82) is 0 Å². The fourth-order valence-corrected chi connectivity index (χ4v) is 1.58. The Morgan fingerprint density at radius 2 is 1.67 bits per heavy atom. The third-order valence-electron chi connectivity index (χ3n) is 2.44. The largest absolute Gasteiger partial charge is 0.508 e. The predicted octanol–water partition coefficient (Wildman–Crippen LogP) is 0.447. The van der Waals surface area contributed by atoms with E-state index in [0.717, 1.165) is 0 Å². The molecule has 1 amide bonds. The molecule has 2 rings (SSSR count). The summed E-state index contributed by atoms with van der Waals surface area (Å²) in [5.74, 6) is -1.27. The summed E-state index contributed by atoms with van der Waals surface area (Å²) >= 11 is 5.55. The van der Waals surface area contributed by atoms with E-state index < -0.39 is 11.9 Å². The predicted molar refractivity (Wildman–Crippen MR) is 103 cm³/mol. The van der Waals surface area contributed by atoms with Crippen molar-refractivity contribution in [3.05, 3.63) is 35.1 Å². The van der Waals surface area contributed by atoms with Crippen LogP contribution >= 0.6 is 24.0 Å². The first kappa shape index (κ1) is 23.7. The summed E-state index contributed by atoms with van der Waals surface area (Å²) in [7, 11) is 0. The molecule has 0 aliphatic heterocycles. The number of aromatic nitrogens is 2. The molecule has 0 bridgehead atoms. The highest BCUT2D eigenvalue weighted by Gasteiger charge is 2.15. The summed E-state index contributed by atoms with van der Waals surface area (Å²) < 4.78 is 4.72. The van der Waals surface area contributed by atoms with Gasteiger partial charge in [-0.15, -0.1) is 12.4 Å². The SMILES string of the molecule is CC(=O)Oc1ccc(O)cc1.Cl.NC(N)=NC(=O)c1nc(Cl)c(N)nc1N. The summed E-state index contributed by atoms with van der Waals surface area (Å²) in [6.45, 7) is 1.33. The lowest BCUT2D eigenvalue weighted by Gasteiger charge is -2.02. The molecule has 2 aromatic rings. The second kappa shape index (κ2) is 10.6. The van der Waals surface area contributed by atoms with Gasteiger partial charge in [0.05, 0.1) is 0 Å². The zero-order valence-electron chi connectivity index (χ0n) is 13.9. The standard InChI is InChI=1S/C8H8O3.C6H8ClN7O.ClH/c1-6(9)11-8-4-2-7(10)3-5-8;7-2-4(9)13-3(8)1(12-2)5(15)14-6(10)11;/h2-5,10H,1H3;(H4,8,9,13)(H4,10,11,14,15);1H. The Morgan fingerprint density at radius 3 is 2.15 bits per heavy atom. The molecule has 9 N–H and O–H groups in total. The van der Waals surface area contributed by atoms with Crippen molar-refractivity contribution >= 4 is 53.5 Å². The molecule has 0 aliphatic rings. The quantitative estimate of drug-likeness (QED) is 0.197. The van der Waals surface area contributed by atoms with Crippen molar-refractivity contribution in [1.82, 2.24) is 9.97 Å². The molecule has 13 heteroatoms. The molecule has 0 radical (unpaired) electrons. The Bertz CT molecular complexity index is 840. The van der Waals surface area contributed by atoms with E-state index in [1.807, 2.05) is 0 Å². The van der Waals surface area contributed by atoms with Gasteiger partial charge in [0.25, 0.3) is 0 Å². The number of hydrogen-bond acceptors (Lipinski definition) is 8. The first-order valence-corrected chi connectivity index (χ1v) is 7.17. The van der Waals surface area contributed by atoms with Gasteiger partial charge in [0.15, 0.2) is 28.4 Å². The first-order chi connectivity index (χ1) is 12.1. The number of rotatable bonds is 2. The van der Waals surface area contributed by atoms with Crippen molar-refractivity contribution in [3.8, 4) is 11.5 Å². The molecule has 0 spiro atoms. The third-order valence-corrected chi connectivity index (χ3v) is 2.71. The molecule has 0 aliphatic carbocycles. The molecule has 0 atom stereocenters. The number of esters is 1. The van der Waals surface area contributed by atoms with Gasteiger partial charge in [-0.3, -0.25) is 9.59 Å². The van der Waals surface area contributed by atoms with Gasteiger partial charge in [0, 0.05) is 6.92 Å². The van der Waals surface area contributed by atoms with Crippen molar-refractivity contribution in [3.63, 3.8) is 0 Å². The van der Waals surface area contributed by atoms with Gasteiger partial charge in [-0.05, 0) is 24.3 Å². The lowest BCUT2D eigenvalue weighted by Crippen LogP contribution is -2.24. The molecule has 1 heterocycles. The van der Waals surface area contributed by atoms with Crippen molar-refractivity contribution in [2.75, 3.05) is 11.5 Å². The number of nitrogens with zero attached hydrogens (tertiary/aromatic N) is 3.